The maximum Gasteiger partial charge on any atom is 0.319 e. The topological polar surface area (TPSA) is 70.2 Å². The molecule has 0 aliphatic heterocycles. The number of anilines is 2. The molecule has 0 unspecified atom stereocenters. The Balaban J connectivity index is 1.47. The first-order valence-corrected chi connectivity index (χ1v) is 9.32. The van der Waals surface area contributed by atoms with Crippen molar-refractivity contribution >= 4 is 17.7 Å². The molecule has 2 aliphatic carbocycles. The van der Waals surface area contributed by atoms with Crippen LogP contribution in [-0.4, -0.2) is 30.1 Å². The Kier molecular flexibility index (Phi) is 4.49. The zero-order valence-corrected chi connectivity index (χ0v) is 15.4. The van der Waals surface area contributed by atoms with Gasteiger partial charge >= 0.3 is 6.03 Å². The van der Waals surface area contributed by atoms with Gasteiger partial charge in [-0.05, 0) is 66.8 Å². The van der Waals surface area contributed by atoms with Crippen LogP contribution in [0.25, 0.3) is 0 Å². The highest BCUT2D eigenvalue weighted by Crippen LogP contribution is 2.38. The third-order valence-corrected chi connectivity index (χ3v) is 5.24. The molecule has 6 nitrogen and oxygen atoms in total. The van der Waals surface area contributed by atoms with Gasteiger partial charge < -0.3 is 15.5 Å². The summed E-state index contributed by atoms with van der Waals surface area (Å²) in [5.41, 5.74) is 7.40. The normalized spacial score (nSPS) is 14.7. The van der Waals surface area contributed by atoms with Crippen molar-refractivity contribution in [3.05, 3.63) is 46.3 Å². The Morgan fingerprint density at radius 3 is 2.46 bits per heavy atom. The monoisotopic (exact) mass is 351 g/mol. The second kappa shape index (κ2) is 6.94. The Morgan fingerprint density at radius 2 is 1.81 bits per heavy atom. The highest BCUT2D eigenvalue weighted by molar-refractivity contribution is 5.92. The van der Waals surface area contributed by atoms with Crippen LogP contribution in [0.15, 0.2) is 18.3 Å². The van der Waals surface area contributed by atoms with E-state index in [4.69, 9.17) is 0 Å². The maximum atomic E-state index is 12.5. The minimum Gasteiger partial charge on any atom is -0.347 e. The van der Waals surface area contributed by atoms with Gasteiger partial charge in [-0.15, -0.1) is 0 Å². The lowest BCUT2D eigenvalue weighted by Gasteiger charge is -2.16. The lowest BCUT2D eigenvalue weighted by Crippen LogP contribution is -2.29. The number of hydrogen-bond donors (Lipinski definition) is 2. The third-order valence-electron chi connectivity index (χ3n) is 5.24. The van der Waals surface area contributed by atoms with E-state index < -0.39 is 0 Å². The minimum atomic E-state index is -0.163. The molecule has 2 N–H and O–H groups in total. The number of carbonyl (C=O) groups is 1. The number of fused-ring (bicyclic) bond motifs is 2. The van der Waals surface area contributed by atoms with Gasteiger partial charge in [-0.25, -0.2) is 14.8 Å². The Bertz CT molecular complexity index is 814. The van der Waals surface area contributed by atoms with E-state index >= 15 is 0 Å². The van der Waals surface area contributed by atoms with Crippen LogP contribution in [0, 0.1) is 0 Å². The molecular weight excluding hydrogens is 326 g/mol. The van der Waals surface area contributed by atoms with Gasteiger partial charge in [0.15, 0.2) is 0 Å². The molecule has 6 heteroatoms. The van der Waals surface area contributed by atoms with E-state index in [1.165, 1.54) is 35.1 Å². The molecule has 136 valence electrons. The molecule has 1 aromatic heterocycles. The van der Waals surface area contributed by atoms with E-state index in [2.05, 4.69) is 26.7 Å². The fraction of sp³-hybridized carbons (Fsp3) is 0.450. The fourth-order valence-corrected chi connectivity index (χ4v) is 3.99. The average molecular weight is 351 g/mol. The van der Waals surface area contributed by atoms with Gasteiger partial charge in [-0.1, -0.05) is 6.07 Å². The van der Waals surface area contributed by atoms with Gasteiger partial charge in [0.25, 0.3) is 0 Å². The third kappa shape index (κ3) is 3.23. The van der Waals surface area contributed by atoms with Crippen molar-refractivity contribution in [3.8, 4) is 0 Å². The Morgan fingerprint density at radius 1 is 1.12 bits per heavy atom. The number of aryl methyl sites for hydroxylation is 2. The van der Waals surface area contributed by atoms with Crippen LogP contribution in [0.5, 0.6) is 0 Å². The van der Waals surface area contributed by atoms with Gasteiger partial charge in [0.1, 0.15) is 0 Å². The van der Waals surface area contributed by atoms with Gasteiger partial charge in [0.05, 0.1) is 12.2 Å². The number of aromatic nitrogens is 2. The van der Waals surface area contributed by atoms with E-state index in [9.17, 15) is 4.79 Å². The molecule has 0 bridgehead atoms. The SMILES string of the molecule is CN(C)c1nccc(CNC(=O)Nc2c3c(cc4c2CCC4)CCC3)n1. The average Bonchev–Trinajstić information content (AvgIpc) is 3.29. The summed E-state index contributed by atoms with van der Waals surface area (Å²) in [6, 6.07) is 4.03. The van der Waals surface area contributed by atoms with E-state index in [1.807, 2.05) is 25.1 Å². The molecule has 4 rings (SSSR count). The van der Waals surface area contributed by atoms with Crippen LogP contribution < -0.4 is 15.5 Å². The molecular formula is C20H25N5O. The second-order valence-corrected chi connectivity index (χ2v) is 7.28. The zero-order valence-electron chi connectivity index (χ0n) is 15.4. The zero-order chi connectivity index (χ0) is 18.1. The number of hydrogen-bond acceptors (Lipinski definition) is 4. The molecule has 0 radical (unpaired) electrons. The summed E-state index contributed by atoms with van der Waals surface area (Å²) in [5.74, 6) is 0.642. The molecule has 1 aromatic carbocycles. The quantitative estimate of drug-likeness (QED) is 0.889. The number of nitrogens with one attached hydrogen (secondary N) is 2. The van der Waals surface area contributed by atoms with Crippen molar-refractivity contribution in [2.75, 3.05) is 24.3 Å². The predicted molar refractivity (Wildman–Crippen MR) is 103 cm³/mol. The fourth-order valence-electron chi connectivity index (χ4n) is 3.99. The molecule has 1 heterocycles. The predicted octanol–water partition coefficient (Wildman–Crippen LogP) is 2.84. The number of benzene rings is 1. The molecule has 2 aliphatic rings. The summed E-state index contributed by atoms with van der Waals surface area (Å²) in [6.07, 6.45) is 8.48. The molecule has 26 heavy (non-hydrogen) atoms. The van der Waals surface area contributed by atoms with Crippen LogP contribution in [0.2, 0.25) is 0 Å². The van der Waals surface area contributed by atoms with Crippen molar-refractivity contribution in [2.24, 2.45) is 0 Å². The van der Waals surface area contributed by atoms with Gasteiger partial charge in [-0.3, -0.25) is 0 Å². The van der Waals surface area contributed by atoms with E-state index in [-0.39, 0.29) is 6.03 Å². The molecule has 0 saturated carbocycles. The number of rotatable bonds is 4. The molecule has 0 spiro atoms. The van der Waals surface area contributed by atoms with Crippen LogP contribution in [0.4, 0.5) is 16.4 Å². The van der Waals surface area contributed by atoms with Gasteiger partial charge in [0.2, 0.25) is 5.95 Å². The number of nitrogens with zero attached hydrogens (tertiary/aromatic N) is 3. The largest absolute Gasteiger partial charge is 0.347 e. The van der Waals surface area contributed by atoms with Crippen LogP contribution in [0.3, 0.4) is 0 Å². The van der Waals surface area contributed by atoms with Crippen LogP contribution in [-0.2, 0) is 32.2 Å². The van der Waals surface area contributed by atoms with Crippen LogP contribution >= 0.6 is 0 Å². The van der Waals surface area contributed by atoms with Gasteiger partial charge in [0, 0.05) is 26.0 Å². The first kappa shape index (κ1) is 16.8. The summed E-state index contributed by atoms with van der Waals surface area (Å²) < 4.78 is 0. The second-order valence-electron chi connectivity index (χ2n) is 7.28. The highest BCUT2D eigenvalue weighted by Gasteiger charge is 2.24. The minimum absolute atomic E-state index is 0.163. The van der Waals surface area contributed by atoms with Crippen molar-refractivity contribution in [3.63, 3.8) is 0 Å². The summed E-state index contributed by atoms with van der Waals surface area (Å²) in [4.78, 5) is 23.0. The summed E-state index contributed by atoms with van der Waals surface area (Å²) >= 11 is 0. The Hall–Kier alpha value is -2.63. The van der Waals surface area contributed by atoms with Crippen molar-refractivity contribution in [2.45, 2.75) is 45.1 Å². The summed E-state index contributed by atoms with van der Waals surface area (Å²) in [6.45, 7) is 0.381. The molecule has 0 fully saturated rings. The molecule has 2 aromatic rings. The highest BCUT2D eigenvalue weighted by atomic mass is 16.2. The summed E-state index contributed by atoms with van der Waals surface area (Å²) in [7, 11) is 3.80. The Labute approximate surface area is 154 Å². The lowest BCUT2D eigenvalue weighted by atomic mass is 9.99. The van der Waals surface area contributed by atoms with Crippen molar-refractivity contribution in [1.29, 1.82) is 0 Å². The maximum absolute atomic E-state index is 12.5. The van der Waals surface area contributed by atoms with E-state index in [0.29, 0.717) is 12.5 Å². The first-order chi connectivity index (χ1) is 12.6. The molecule has 0 saturated heterocycles. The lowest BCUT2D eigenvalue weighted by molar-refractivity contribution is 0.251. The van der Waals surface area contributed by atoms with E-state index in [0.717, 1.165) is 37.1 Å². The van der Waals surface area contributed by atoms with Crippen molar-refractivity contribution in [1.82, 2.24) is 15.3 Å². The van der Waals surface area contributed by atoms with Crippen molar-refractivity contribution < 1.29 is 4.79 Å². The molecule has 2 amide bonds. The standard InChI is InChI=1S/C20H25N5O/c1-25(2)19-21-10-9-15(23-19)12-22-20(26)24-18-16-7-3-5-13(16)11-14-6-4-8-17(14)18/h9-11H,3-8,12H2,1-2H3,(H2,22,24,26). The van der Waals surface area contributed by atoms with Crippen LogP contribution in [0.1, 0.15) is 40.8 Å². The number of carbonyl (C=O) groups excluding carboxylic acids is 1. The van der Waals surface area contributed by atoms with E-state index in [1.54, 1.807) is 6.20 Å². The first-order valence-electron chi connectivity index (χ1n) is 9.32. The number of amides is 2. The smallest absolute Gasteiger partial charge is 0.319 e. The molecule has 0 atom stereocenters. The van der Waals surface area contributed by atoms with Gasteiger partial charge in [-0.2, -0.15) is 0 Å². The summed E-state index contributed by atoms with van der Waals surface area (Å²) in [5, 5.41) is 6.08. The number of urea groups is 1.